The molecule has 112 valence electrons. The Bertz CT molecular complexity index is 490. The van der Waals surface area contributed by atoms with E-state index in [9.17, 15) is 14.3 Å². The van der Waals surface area contributed by atoms with E-state index in [1.165, 1.54) is 0 Å². The number of carboxylic acid groups (broad SMARTS) is 1. The van der Waals surface area contributed by atoms with Crippen LogP contribution in [0.15, 0.2) is 12.1 Å². The summed E-state index contributed by atoms with van der Waals surface area (Å²) in [6.45, 7) is 0. The van der Waals surface area contributed by atoms with Crippen LogP contribution >= 0.6 is 12.4 Å². The highest BCUT2D eigenvalue weighted by atomic mass is 35.5. The van der Waals surface area contributed by atoms with Crippen LogP contribution in [0.25, 0.3) is 0 Å². The zero-order chi connectivity index (χ0) is 14.0. The van der Waals surface area contributed by atoms with Gasteiger partial charge in [-0.1, -0.05) is 19.3 Å². The SMILES string of the molecule is Cl.N[C@@H](c1c(F)ccc(C(=O)O)c1O)C1CCCCC1. The topological polar surface area (TPSA) is 83.6 Å². The van der Waals surface area contributed by atoms with E-state index in [0.29, 0.717) is 0 Å². The Balaban J connectivity index is 0.00000200. The van der Waals surface area contributed by atoms with Crippen LogP contribution < -0.4 is 5.73 Å². The largest absolute Gasteiger partial charge is 0.507 e. The average molecular weight is 304 g/mol. The molecule has 4 N–H and O–H groups in total. The average Bonchev–Trinajstić information content (AvgIpc) is 2.39. The molecule has 2 rings (SSSR count). The second-order valence-electron chi connectivity index (χ2n) is 5.09. The van der Waals surface area contributed by atoms with Crippen molar-refractivity contribution in [3.63, 3.8) is 0 Å². The lowest BCUT2D eigenvalue weighted by Crippen LogP contribution is -2.25. The van der Waals surface area contributed by atoms with E-state index >= 15 is 0 Å². The number of halogens is 2. The van der Waals surface area contributed by atoms with Gasteiger partial charge in [0.05, 0.1) is 0 Å². The Morgan fingerprint density at radius 2 is 1.90 bits per heavy atom. The van der Waals surface area contributed by atoms with Crippen LogP contribution in [-0.2, 0) is 0 Å². The van der Waals surface area contributed by atoms with E-state index in [0.717, 1.165) is 44.2 Å². The summed E-state index contributed by atoms with van der Waals surface area (Å²) in [4.78, 5) is 11.0. The van der Waals surface area contributed by atoms with E-state index < -0.39 is 23.6 Å². The number of phenols is 1. The Hall–Kier alpha value is -1.33. The second kappa shape index (κ2) is 6.90. The first-order chi connectivity index (χ1) is 9.02. The molecule has 1 aliphatic carbocycles. The van der Waals surface area contributed by atoms with Gasteiger partial charge in [-0.3, -0.25) is 0 Å². The first-order valence-electron chi connectivity index (χ1n) is 6.52. The molecule has 1 aliphatic rings. The van der Waals surface area contributed by atoms with E-state index in [4.69, 9.17) is 10.8 Å². The third-order valence-electron chi connectivity index (χ3n) is 3.89. The van der Waals surface area contributed by atoms with Gasteiger partial charge in [-0.2, -0.15) is 0 Å². The number of carbonyl (C=O) groups is 1. The van der Waals surface area contributed by atoms with E-state index in [1.54, 1.807) is 0 Å². The smallest absolute Gasteiger partial charge is 0.339 e. The number of aromatic hydroxyl groups is 1. The number of hydrogen-bond acceptors (Lipinski definition) is 3. The predicted octanol–water partition coefficient (Wildman–Crippen LogP) is 3.23. The molecule has 0 saturated heterocycles. The number of rotatable bonds is 3. The summed E-state index contributed by atoms with van der Waals surface area (Å²) < 4.78 is 13.9. The molecule has 0 radical (unpaired) electrons. The summed E-state index contributed by atoms with van der Waals surface area (Å²) in [5.41, 5.74) is 5.68. The Morgan fingerprint density at radius 1 is 1.30 bits per heavy atom. The second-order valence-corrected chi connectivity index (χ2v) is 5.09. The Morgan fingerprint density at radius 3 is 2.45 bits per heavy atom. The van der Waals surface area contributed by atoms with Crippen molar-refractivity contribution in [2.75, 3.05) is 0 Å². The molecule has 20 heavy (non-hydrogen) atoms. The monoisotopic (exact) mass is 303 g/mol. The molecule has 1 fully saturated rings. The van der Waals surface area contributed by atoms with E-state index in [1.807, 2.05) is 0 Å². The van der Waals surface area contributed by atoms with Crippen LogP contribution in [0, 0.1) is 11.7 Å². The van der Waals surface area contributed by atoms with Gasteiger partial charge in [-0.05, 0) is 30.9 Å². The van der Waals surface area contributed by atoms with Gasteiger partial charge >= 0.3 is 5.97 Å². The molecular weight excluding hydrogens is 285 g/mol. The molecule has 1 aromatic carbocycles. The molecule has 0 aromatic heterocycles. The summed E-state index contributed by atoms with van der Waals surface area (Å²) in [6.07, 6.45) is 5.00. The molecule has 6 heteroatoms. The van der Waals surface area contributed by atoms with Crippen molar-refractivity contribution in [1.82, 2.24) is 0 Å². The number of aromatic carboxylic acids is 1. The maximum atomic E-state index is 13.9. The van der Waals surface area contributed by atoms with Gasteiger partial charge in [0, 0.05) is 11.6 Å². The van der Waals surface area contributed by atoms with Gasteiger partial charge in [0.1, 0.15) is 17.1 Å². The first kappa shape index (κ1) is 16.7. The van der Waals surface area contributed by atoms with Crippen molar-refractivity contribution in [2.24, 2.45) is 11.7 Å². The van der Waals surface area contributed by atoms with Gasteiger partial charge in [-0.25, -0.2) is 9.18 Å². The maximum Gasteiger partial charge on any atom is 0.339 e. The molecule has 0 unspecified atom stereocenters. The minimum Gasteiger partial charge on any atom is -0.507 e. The first-order valence-corrected chi connectivity index (χ1v) is 6.52. The quantitative estimate of drug-likeness (QED) is 0.800. The van der Waals surface area contributed by atoms with Crippen molar-refractivity contribution in [3.8, 4) is 5.75 Å². The van der Waals surface area contributed by atoms with Gasteiger partial charge in [0.25, 0.3) is 0 Å². The summed E-state index contributed by atoms with van der Waals surface area (Å²) in [5, 5.41) is 18.9. The lowest BCUT2D eigenvalue weighted by atomic mass is 9.81. The lowest BCUT2D eigenvalue weighted by Gasteiger charge is -2.28. The Labute approximate surface area is 123 Å². The summed E-state index contributed by atoms with van der Waals surface area (Å²) >= 11 is 0. The van der Waals surface area contributed by atoms with Gasteiger partial charge in [0.15, 0.2) is 0 Å². The highest BCUT2D eigenvalue weighted by Crippen LogP contribution is 2.38. The van der Waals surface area contributed by atoms with Crippen LogP contribution in [0.5, 0.6) is 5.75 Å². The summed E-state index contributed by atoms with van der Waals surface area (Å²) in [7, 11) is 0. The number of hydrogen-bond donors (Lipinski definition) is 3. The summed E-state index contributed by atoms with van der Waals surface area (Å²) in [6, 6.07) is 1.46. The molecule has 1 atom stereocenters. The molecule has 4 nitrogen and oxygen atoms in total. The molecule has 0 bridgehead atoms. The lowest BCUT2D eigenvalue weighted by molar-refractivity contribution is 0.0693. The van der Waals surface area contributed by atoms with Crippen molar-refractivity contribution in [3.05, 3.63) is 29.1 Å². The third-order valence-corrected chi connectivity index (χ3v) is 3.89. The van der Waals surface area contributed by atoms with Crippen molar-refractivity contribution in [1.29, 1.82) is 0 Å². The normalized spacial score (nSPS) is 17.3. The van der Waals surface area contributed by atoms with Crippen molar-refractivity contribution < 1.29 is 19.4 Å². The zero-order valence-corrected chi connectivity index (χ0v) is 11.8. The minimum atomic E-state index is -1.28. The van der Waals surface area contributed by atoms with Crippen LogP contribution in [0.2, 0.25) is 0 Å². The van der Waals surface area contributed by atoms with Crippen LogP contribution in [0.3, 0.4) is 0 Å². The molecular formula is C14H19ClFNO3. The molecule has 0 spiro atoms. The van der Waals surface area contributed by atoms with Crippen molar-refractivity contribution in [2.45, 2.75) is 38.1 Å². The fourth-order valence-electron chi connectivity index (χ4n) is 2.80. The minimum absolute atomic E-state index is 0. The molecule has 1 saturated carbocycles. The predicted molar refractivity (Wildman–Crippen MR) is 75.8 cm³/mol. The van der Waals surface area contributed by atoms with E-state index in [2.05, 4.69) is 0 Å². The third kappa shape index (κ3) is 3.22. The highest BCUT2D eigenvalue weighted by Gasteiger charge is 2.28. The van der Waals surface area contributed by atoms with Gasteiger partial charge < -0.3 is 15.9 Å². The van der Waals surface area contributed by atoms with Gasteiger partial charge in [0.2, 0.25) is 0 Å². The number of benzene rings is 1. The number of carboxylic acids is 1. The fourth-order valence-corrected chi connectivity index (χ4v) is 2.80. The number of nitrogens with two attached hydrogens (primary N) is 1. The molecule has 1 aromatic rings. The van der Waals surface area contributed by atoms with Gasteiger partial charge in [-0.15, -0.1) is 12.4 Å². The Kier molecular flexibility index (Phi) is 5.77. The standard InChI is InChI=1S/C14H18FNO3.ClH/c15-10-7-6-9(14(18)19)13(17)11(10)12(16)8-4-2-1-3-5-8;/h6-8,12,17H,1-5,16H2,(H,18,19);1H/t12-;/m1./s1. The summed E-state index contributed by atoms with van der Waals surface area (Å²) in [5.74, 6) is -2.36. The van der Waals surface area contributed by atoms with E-state index in [-0.39, 0.29) is 29.5 Å². The zero-order valence-electron chi connectivity index (χ0n) is 11.0. The van der Waals surface area contributed by atoms with Crippen molar-refractivity contribution >= 4 is 18.4 Å². The van der Waals surface area contributed by atoms with Crippen LogP contribution in [0.1, 0.15) is 54.1 Å². The fraction of sp³-hybridized carbons (Fsp3) is 0.500. The van der Waals surface area contributed by atoms with Crippen LogP contribution in [-0.4, -0.2) is 16.2 Å². The molecule has 0 heterocycles. The highest BCUT2D eigenvalue weighted by molar-refractivity contribution is 5.91. The molecule has 0 amide bonds. The van der Waals surface area contributed by atoms with Crippen LogP contribution in [0.4, 0.5) is 4.39 Å². The molecule has 0 aliphatic heterocycles. The maximum absolute atomic E-state index is 13.9.